The lowest BCUT2D eigenvalue weighted by atomic mass is 10.4. The van der Waals surface area contributed by atoms with E-state index in [1.165, 1.54) is 13.2 Å². The summed E-state index contributed by atoms with van der Waals surface area (Å²) in [4.78, 5) is 9.54. The second kappa shape index (κ2) is 3.44. The topological polar surface area (TPSA) is 79.3 Å². The molecule has 0 saturated heterocycles. The van der Waals surface area contributed by atoms with Gasteiger partial charge in [-0.3, -0.25) is 10.1 Å². The van der Waals surface area contributed by atoms with E-state index < -0.39 is 10.7 Å². The molecule has 1 heterocycles. The molecule has 0 spiro atoms. The first-order valence-electron chi connectivity index (χ1n) is 3.17. The highest BCUT2D eigenvalue weighted by Crippen LogP contribution is 2.24. The summed E-state index contributed by atoms with van der Waals surface area (Å²) < 4.78 is 4.68. The van der Waals surface area contributed by atoms with E-state index in [2.05, 4.69) is 4.74 Å². The molecule has 0 N–H and O–H groups in total. The Morgan fingerprint density at radius 1 is 1.69 bits per heavy atom. The molecule has 0 bridgehead atoms. The summed E-state index contributed by atoms with van der Waals surface area (Å²) in [5, 5.41) is 21.4. The van der Waals surface area contributed by atoms with Crippen LogP contribution in [0.2, 0.25) is 5.02 Å². The zero-order chi connectivity index (χ0) is 10.0. The Bertz CT molecular complexity index is 355. The first-order valence-corrected chi connectivity index (χ1v) is 3.55. The van der Waals surface area contributed by atoms with Crippen LogP contribution in [-0.2, 0) is 0 Å². The van der Waals surface area contributed by atoms with Gasteiger partial charge in [-0.1, -0.05) is 11.6 Å². The van der Waals surface area contributed by atoms with Crippen LogP contribution in [0.1, 0.15) is 0 Å². The van der Waals surface area contributed by atoms with Gasteiger partial charge in [0, 0.05) is 6.07 Å². The summed E-state index contributed by atoms with van der Waals surface area (Å²) in [6.07, 6.45) is 0.891. The predicted molar refractivity (Wildman–Crippen MR) is 43.6 cm³/mol. The summed E-state index contributed by atoms with van der Waals surface area (Å²) in [5.41, 5.74) is 0. The highest BCUT2D eigenvalue weighted by Gasteiger charge is 2.27. The fourth-order valence-electron chi connectivity index (χ4n) is 0.829. The van der Waals surface area contributed by atoms with Crippen LogP contribution in [-0.4, -0.2) is 12.0 Å². The number of nitro groups is 1. The van der Waals surface area contributed by atoms with Gasteiger partial charge in [-0.25, -0.2) is 0 Å². The molecule has 6 nitrogen and oxygen atoms in total. The van der Waals surface area contributed by atoms with Crippen molar-refractivity contribution in [2.45, 2.75) is 0 Å². The van der Waals surface area contributed by atoms with Crippen molar-refractivity contribution in [1.82, 2.24) is 0 Å². The maximum absolute atomic E-state index is 11.0. The number of hydrogen-bond donors (Lipinski definition) is 0. The maximum Gasteiger partial charge on any atom is 0.555 e. The van der Waals surface area contributed by atoms with Crippen LogP contribution in [0.5, 0.6) is 5.75 Å². The van der Waals surface area contributed by atoms with E-state index in [1.54, 1.807) is 0 Å². The number of halogens is 1. The second-order valence-corrected chi connectivity index (χ2v) is 2.57. The standard InChI is InChI=1S/C6H5ClN2O4/c1-13-5-2-4(7)3-8(10)6(5)9(11)12/h2-3H,1H3. The minimum Gasteiger partial charge on any atom is -0.614 e. The van der Waals surface area contributed by atoms with Crippen LogP contribution >= 0.6 is 11.6 Å². The van der Waals surface area contributed by atoms with Gasteiger partial charge in [-0.2, -0.15) is 0 Å². The van der Waals surface area contributed by atoms with Crippen molar-refractivity contribution >= 4 is 17.4 Å². The highest BCUT2D eigenvalue weighted by molar-refractivity contribution is 6.30. The fourth-order valence-corrected chi connectivity index (χ4v) is 1.02. The minimum absolute atomic E-state index is 0.0567. The Balaban J connectivity index is 3.38. The molecule has 0 unspecified atom stereocenters. The monoisotopic (exact) mass is 204 g/mol. The van der Waals surface area contributed by atoms with Gasteiger partial charge in [-0.05, 0) is 0 Å². The molecule has 0 aliphatic heterocycles. The van der Waals surface area contributed by atoms with Gasteiger partial charge in [0.1, 0.15) is 9.95 Å². The summed E-state index contributed by atoms with van der Waals surface area (Å²) in [5.74, 6) is -0.834. The molecule has 0 aliphatic rings. The molecule has 70 valence electrons. The van der Waals surface area contributed by atoms with E-state index >= 15 is 0 Å². The first-order chi connectivity index (χ1) is 6.06. The number of pyridine rings is 1. The molecule has 0 aliphatic carbocycles. The zero-order valence-corrected chi connectivity index (χ0v) is 7.32. The average molecular weight is 205 g/mol. The van der Waals surface area contributed by atoms with Gasteiger partial charge in [0.2, 0.25) is 6.20 Å². The Morgan fingerprint density at radius 2 is 2.31 bits per heavy atom. The van der Waals surface area contributed by atoms with Gasteiger partial charge < -0.3 is 9.94 Å². The van der Waals surface area contributed by atoms with Crippen molar-refractivity contribution in [2.75, 3.05) is 7.11 Å². The molecule has 7 heteroatoms. The average Bonchev–Trinajstić information content (AvgIpc) is 2.01. The molecule has 1 aromatic rings. The third-order valence-electron chi connectivity index (χ3n) is 1.33. The molecule has 0 radical (unpaired) electrons. The van der Waals surface area contributed by atoms with Crippen molar-refractivity contribution in [3.05, 3.63) is 32.6 Å². The normalized spacial score (nSPS) is 9.69. The number of hydrogen-bond acceptors (Lipinski definition) is 4. The molecule has 0 amide bonds. The molecular weight excluding hydrogens is 200 g/mol. The number of rotatable bonds is 2. The van der Waals surface area contributed by atoms with Gasteiger partial charge in [-0.15, -0.1) is 4.73 Å². The van der Waals surface area contributed by atoms with Gasteiger partial charge >= 0.3 is 5.82 Å². The first kappa shape index (κ1) is 9.53. The molecule has 1 aromatic heterocycles. The number of aromatic nitrogens is 1. The largest absolute Gasteiger partial charge is 0.614 e. The molecule has 13 heavy (non-hydrogen) atoms. The summed E-state index contributed by atoms with van der Waals surface area (Å²) in [6, 6.07) is 1.20. The van der Waals surface area contributed by atoms with Crippen molar-refractivity contribution in [1.29, 1.82) is 0 Å². The van der Waals surface area contributed by atoms with Crippen LogP contribution in [0.4, 0.5) is 5.82 Å². The van der Waals surface area contributed by atoms with Crippen LogP contribution in [0.15, 0.2) is 12.3 Å². The number of ether oxygens (including phenoxy) is 1. The second-order valence-electron chi connectivity index (χ2n) is 2.13. The van der Waals surface area contributed by atoms with Crippen molar-refractivity contribution in [3.63, 3.8) is 0 Å². The lowest BCUT2D eigenvalue weighted by molar-refractivity contribution is -0.665. The summed E-state index contributed by atoms with van der Waals surface area (Å²) in [7, 11) is 1.22. The molecule has 0 aromatic carbocycles. The summed E-state index contributed by atoms with van der Waals surface area (Å²) in [6.45, 7) is 0. The van der Waals surface area contributed by atoms with Gasteiger partial charge in [0.05, 0.1) is 7.11 Å². The Morgan fingerprint density at radius 3 is 2.77 bits per heavy atom. The lowest BCUT2D eigenvalue weighted by Crippen LogP contribution is -2.29. The molecule has 1 rings (SSSR count). The fraction of sp³-hybridized carbons (Fsp3) is 0.167. The van der Waals surface area contributed by atoms with Crippen LogP contribution < -0.4 is 9.47 Å². The summed E-state index contributed by atoms with van der Waals surface area (Å²) >= 11 is 5.48. The van der Waals surface area contributed by atoms with Crippen LogP contribution in [0, 0.1) is 15.3 Å². The molecule has 0 fully saturated rings. The van der Waals surface area contributed by atoms with E-state index in [0.717, 1.165) is 6.20 Å². The third kappa shape index (κ3) is 1.78. The van der Waals surface area contributed by atoms with E-state index in [9.17, 15) is 15.3 Å². The van der Waals surface area contributed by atoms with Gasteiger partial charge in [0.15, 0.2) is 0 Å². The Labute approximate surface area is 78.0 Å². The highest BCUT2D eigenvalue weighted by atomic mass is 35.5. The van der Waals surface area contributed by atoms with Crippen molar-refractivity contribution in [3.8, 4) is 5.75 Å². The smallest absolute Gasteiger partial charge is 0.555 e. The van der Waals surface area contributed by atoms with E-state index in [0.29, 0.717) is 0 Å². The number of nitrogens with zero attached hydrogens (tertiary/aromatic N) is 2. The lowest BCUT2D eigenvalue weighted by Gasteiger charge is -2.01. The molecule has 0 atom stereocenters. The SMILES string of the molecule is COc1cc(Cl)c[n+]([O-])c1[N+](=O)[O-]. The minimum atomic E-state index is -0.831. The zero-order valence-electron chi connectivity index (χ0n) is 6.56. The molecule has 0 saturated carbocycles. The van der Waals surface area contributed by atoms with Crippen LogP contribution in [0.3, 0.4) is 0 Å². The Kier molecular flexibility index (Phi) is 2.52. The van der Waals surface area contributed by atoms with Crippen molar-refractivity contribution in [2.24, 2.45) is 0 Å². The van der Waals surface area contributed by atoms with Crippen molar-refractivity contribution < 1.29 is 14.4 Å². The predicted octanol–water partition coefficient (Wildman–Crippen LogP) is 0.890. The van der Waals surface area contributed by atoms with Crippen LogP contribution in [0.25, 0.3) is 0 Å². The third-order valence-corrected chi connectivity index (χ3v) is 1.54. The quantitative estimate of drug-likeness (QED) is 0.310. The van der Waals surface area contributed by atoms with E-state index in [-0.39, 0.29) is 15.5 Å². The van der Waals surface area contributed by atoms with Gasteiger partial charge in [0.25, 0.3) is 5.75 Å². The van der Waals surface area contributed by atoms with E-state index in [1.807, 2.05) is 0 Å². The Hall–Kier alpha value is -1.56. The number of methoxy groups -OCH3 is 1. The maximum atomic E-state index is 11.0. The van der Waals surface area contributed by atoms with E-state index in [4.69, 9.17) is 11.6 Å². The molecular formula is C6H5ClN2O4.